The van der Waals surface area contributed by atoms with Crippen LogP contribution in [0.2, 0.25) is 0 Å². The van der Waals surface area contributed by atoms with Crippen molar-refractivity contribution >= 4 is 18.2 Å². The molecule has 1 heterocycles. The Morgan fingerprint density at radius 2 is 1.60 bits per heavy atom. The average molecular weight is 299 g/mol. The van der Waals surface area contributed by atoms with Gasteiger partial charge in [-0.25, -0.2) is 0 Å². The van der Waals surface area contributed by atoms with Crippen LogP contribution in [0, 0.1) is 11.8 Å². The molecule has 2 saturated carbocycles. The van der Waals surface area contributed by atoms with Crippen LogP contribution in [-0.4, -0.2) is 18.4 Å². The largest absolute Gasteiger partial charge is 0.371 e. The Morgan fingerprint density at radius 3 is 2.45 bits per heavy atom. The number of amidine groups is 1. The van der Waals surface area contributed by atoms with Crippen molar-refractivity contribution in [1.82, 2.24) is 5.32 Å². The number of nitrogens with zero attached hydrogens (tertiary/aromatic N) is 1. The number of hydrogen-bond donors (Lipinski definition) is 1. The molecular formula is C17H31ClN2. The van der Waals surface area contributed by atoms with E-state index in [4.69, 9.17) is 4.99 Å². The molecule has 0 amide bonds. The third-order valence-electron chi connectivity index (χ3n) is 5.55. The van der Waals surface area contributed by atoms with Gasteiger partial charge in [0.2, 0.25) is 0 Å². The van der Waals surface area contributed by atoms with E-state index in [0.29, 0.717) is 0 Å². The first-order chi connectivity index (χ1) is 9.43. The summed E-state index contributed by atoms with van der Waals surface area (Å²) in [6.07, 6.45) is 16.9. The molecule has 3 heteroatoms. The fraction of sp³-hybridized carbons (Fsp3) is 0.941. The van der Waals surface area contributed by atoms with E-state index in [-0.39, 0.29) is 12.4 Å². The van der Waals surface area contributed by atoms with Gasteiger partial charge in [0, 0.05) is 19.0 Å². The fourth-order valence-electron chi connectivity index (χ4n) is 4.50. The summed E-state index contributed by atoms with van der Waals surface area (Å²) in [6.45, 7) is 1.06. The summed E-state index contributed by atoms with van der Waals surface area (Å²) in [7, 11) is 0. The summed E-state index contributed by atoms with van der Waals surface area (Å²) in [5.41, 5.74) is 0. The standard InChI is InChI=1S/C17H30N2.ClH/c1-3-8-14(9-4-1)15-10-7-11-16(15)19-17-12-5-2-6-13-18-17;/h14-16H,1-13H2,(H,18,19);1H/t15-,16-;/m1./s1. The van der Waals surface area contributed by atoms with Crippen molar-refractivity contribution in [2.24, 2.45) is 16.8 Å². The van der Waals surface area contributed by atoms with E-state index in [9.17, 15) is 0 Å². The van der Waals surface area contributed by atoms with Gasteiger partial charge in [0.05, 0.1) is 5.84 Å². The summed E-state index contributed by atoms with van der Waals surface area (Å²) in [6, 6.07) is 0.750. The number of halogens is 1. The monoisotopic (exact) mass is 298 g/mol. The van der Waals surface area contributed by atoms with Crippen LogP contribution in [0.5, 0.6) is 0 Å². The normalized spacial score (nSPS) is 32.1. The SMILES string of the molecule is C1CCN=C(N[C@@H]2CCC[C@@H]2C2CCCCC2)CC1.Cl. The van der Waals surface area contributed by atoms with E-state index in [0.717, 1.165) is 24.4 Å². The van der Waals surface area contributed by atoms with Gasteiger partial charge in [-0.3, -0.25) is 4.99 Å². The second-order valence-electron chi connectivity index (χ2n) is 6.88. The molecule has 0 aromatic heterocycles. The predicted octanol–water partition coefficient (Wildman–Crippen LogP) is 4.72. The number of aliphatic imine (C=N–C) groups is 1. The molecule has 0 aromatic rings. The highest BCUT2D eigenvalue weighted by atomic mass is 35.5. The van der Waals surface area contributed by atoms with Gasteiger partial charge in [0.1, 0.15) is 0 Å². The van der Waals surface area contributed by atoms with Gasteiger partial charge in [-0.2, -0.15) is 0 Å². The average Bonchev–Trinajstić information content (AvgIpc) is 2.75. The zero-order chi connectivity index (χ0) is 12.9. The molecule has 0 unspecified atom stereocenters. The molecule has 0 spiro atoms. The number of rotatable bonds is 2. The molecule has 2 aliphatic carbocycles. The first kappa shape index (κ1) is 16.1. The van der Waals surface area contributed by atoms with E-state index in [2.05, 4.69) is 5.32 Å². The Hall–Kier alpha value is -0.240. The summed E-state index contributed by atoms with van der Waals surface area (Å²) in [5, 5.41) is 3.86. The van der Waals surface area contributed by atoms with Gasteiger partial charge in [-0.15, -0.1) is 12.4 Å². The Labute approximate surface area is 130 Å². The van der Waals surface area contributed by atoms with E-state index in [1.165, 1.54) is 82.9 Å². The second-order valence-corrected chi connectivity index (χ2v) is 6.88. The number of hydrogen-bond acceptors (Lipinski definition) is 2. The van der Waals surface area contributed by atoms with Gasteiger partial charge in [-0.05, 0) is 37.5 Å². The summed E-state index contributed by atoms with van der Waals surface area (Å²) in [5.74, 6) is 3.30. The maximum atomic E-state index is 4.77. The quantitative estimate of drug-likeness (QED) is 0.784. The van der Waals surface area contributed by atoms with E-state index in [1.807, 2.05) is 0 Å². The van der Waals surface area contributed by atoms with Crippen molar-refractivity contribution < 1.29 is 0 Å². The van der Waals surface area contributed by atoms with E-state index < -0.39 is 0 Å². The minimum atomic E-state index is 0. The molecule has 1 N–H and O–H groups in total. The molecule has 0 aromatic carbocycles. The van der Waals surface area contributed by atoms with Crippen molar-refractivity contribution in [2.75, 3.05) is 6.54 Å². The molecule has 2 fully saturated rings. The van der Waals surface area contributed by atoms with Gasteiger partial charge in [0.25, 0.3) is 0 Å². The highest BCUT2D eigenvalue weighted by Gasteiger charge is 2.34. The van der Waals surface area contributed by atoms with Gasteiger partial charge >= 0.3 is 0 Å². The Morgan fingerprint density at radius 1 is 0.800 bits per heavy atom. The molecule has 3 rings (SSSR count). The Kier molecular flexibility index (Phi) is 6.67. The third kappa shape index (κ3) is 4.13. The van der Waals surface area contributed by atoms with Crippen molar-refractivity contribution in [3.05, 3.63) is 0 Å². The van der Waals surface area contributed by atoms with E-state index >= 15 is 0 Å². The lowest BCUT2D eigenvalue weighted by Gasteiger charge is -2.32. The summed E-state index contributed by atoms with van der Waals surface area (Å²) in [4.78, 5) is 4.77. The molecule has 0 bridgehead atoms. The second kappa shape index (κ2) is 8.26. The third-order valence-corrected chi connectivity index (χ3v) is 5.55. The molecule has 116 valence electrons. The van der Waals surface area contributed by atoms with Crippen molar-refractivity contribution in [3.8, 4) is 0 Å². The lowest BCUT2D eigenvalue weighted by Crippen LogP contribution is -2.40. The van der Waals surface area contributed by atoms with Crippen molar-refractivity contribution in [2.45, 2.75) is 83.1 Å². The molecule has 20 heavy (non-hydrogen) atoms. The minimum Gasteiger partial charge on any atom is -0.371 e. The zero-order valence-corrected chi connectivity index (χ0v) is 13.6. The van der Waals surface area contributed by atoms with Crippen LogP contribution in [0.25, 0.3) is 0 Å². The van der Waals surface area contributed by atoms with Gasteiger partial charge in [0.15, 0.2) is 0 Å². The zero-order valence-electron chi connectivity index (χ0n) is 12.8. The molecule has 2 nitrogen and oxygen atoms in total. The van der Waals surface area contributed by atoms with Gasteiger partial charge < -0.3 is 5.32 Å². The predicted molar refractivity (Wildman–Crippen MR) is 88.9 cm³/mol. The number of nitrogens with one attached hydrogen (secondary N) is 1. The molecule has 3 aliphatic rings. The Balaban J connectivity index is 0.00000147. The molecular weight excluding hydrogens is 268 g/mol. The summed E-state index contributed by atoms with van der Waals surface area (Å²) >= 11 is 0. The summed E-state index contributed by atoms with van der Waals surface area (Å²) < 4.78 is 0. The van der Waals surface area contributed by atoms with Crippen LogP contribution in [0.1, 0.15) is 77.0 Å². The van der Waals surface area contributed by atoms with Crippen molar-refractivity contribution in [1.29, 1.82) is 0 Å². The lowest BCUT2D eigenvalue weighted by atomic mass is 9.77. The van der Waals surface area contributed by atoms with Crippen LogP contribution >= 0.6 is 12.4 Å². The van der Waals surface area contributed by atoms with Gasteiger partial charge in [-0.1, -0.05) is 44.9 Å². The maximum Gasteiger partial charge on any atom is 0.0965 e. The first-order valence-electron chi connectivity index (χ1n) is 8.73. The lowest BCUT2D eigenvalue weighted by molar-refractivity contribution is 0.226. The Bertz CT molecular complexity index is 310. The molecule has 0 radical (unpaired) electrons. The molecule has 1 aliphatic heterocycles. The molecule has 0 saturated heterocycles. The van der Waals surface area contributed by atoms with Crippen molar-refractivity contribution in [3.63, 3.8) is 0 Å². The van der Waals surface area contributed by atoms with Crippen LogP contribution < -0.4 is 5.32 Å². The van der Waals surface area contributed by atoms with E-state index in [1.54, 1.807) is 0 Å². The molecule has 2 atom stereocenters. The fourth-order valence-corrected chi connectivity index (χ4v) is 4.50. The van der Waals surface area contributed by atoms with Crippen LogP contribution in [0.15, 0.2) is 4.99 Å². The topological polar surface area (TPSA) is 24.4 Å². The first-order valence-corrected chi connectivity index (χ1v) is 8.73. The smallest absolute Gasteiger partial charge is 0.0965 e. The van der Waals surface area contributed by atoms with Crippen LogP contribution in [-0.2, 0) is 0 Å². The highest BCUT2D eigenvalue weighted by molar-refractivity contribution is 5.85. The minimum absolute atomic E-state index is 0. The van der Waals surface area contributed by atoms with Crippen LogP contribution in [0.3, 0.4) is 0 Å². The highest BCUT2D eigenvalue weighted by Crippen LogP contribution is 2.39. The maximum absolute atomic E-state index is 4.77. The van der Waals surface area contributed by atoms with Crippen LogP contribution in [0.4, 0.5) is 0 Å².